The van der Waals surface area contributed by atoms with Crippen LogP contribution in [-0.4, -0.2) is 28.6 Å². The van der Waals surface area contributed by atoms with Crippen LogP contribution in [0.15, 0.2) is 36.5 Å². The lowest BCUT2D eigenvalue weighted by Gasteiger charge is -2.07. The van der Waals surface area contributed by atoms with Gasteiger partial charge in [0.1, 0.15) is 11.4 Å². The number of carbonyl (C=O) groups is 2. The lowest BCUT2D eigenvalue weighted by atomic mass is 10.1. The van der Waals surface area contributed by atoms with E-state index in [0.717, 1.165) is 17.7 Å². The van der Waals surface area contributed by atoms with Crippen LogP contribution in [0, 0.1) is 0 Å². The average Bonchev–Trinajstić information content (AvgIpc) is 2.94. The molecule has 1 aliphatic heterocycles. The van der Waals surface area contributed by atoms with Crippen LogP contribution in [0.25, 0.3) is 0 Å². The minimum atomic E-state index is -1.14. The van der Waals surface area contributed by atoms with E-state index in [2.05, 4.69) is 10.3 Å². The van der Waals surface area contributed by atoms with Crippen LogP contribution in [-0.2, 0) is 6.42 Å². The molecular formula is C15H12N2O4. The third-order valence-corrected chi connectivity index (χ3v) is 3.19. The number of hydrogen-bond donors (Lipinski definition) is 2. The highest BCUT2D eigenvalue weighted by atomic mass is 16.5. The lowest BCUT2D eigenvalue weighted by Crippen LogP contribution is -2.13. The van der Waals surface area contributed by atoms with Gasteiger partial charge in [-0.3, -0.25) is 4.79 Å². The van der Waals surface area contributed by atoms with Gasteiger partial charge in [-0.2, -0.15) is 0 Å². The molecular weight excluding hydrogens is 272 g/mol. The second kappa shape index (κ2) is 5.24. The van der Waals surface area contributed by atoms with Crippen LogP contribution in [0.3, 0.4) is 0 Å². The Kier molecular flexibility index (Phi) is 3.27. The molecule has 1 amide bonds. The number of carboxylic acids is 1. The van der Waals surface area contributed by atoms with Crippen LogP contribution in [0.1, 0.15) is 26.4 Å². The van der Waals surface area contributed by atoms with E-state index in [-0.39, 0.29) is 11.6 Å². The Bertz CT molecular complexity index is 727. The molecule has 1 aliphatic rings. The largest absolute Gasteiger partial charge is 0.493 e. The molecule has 1 aromatic heterocycles. The van der Waals surface area contributed by atoms with Gasteiger partial charge in [0.15, 0.2) is 0 Å². The summed E-state index contributed by atoms with van der Waals surface area (Å²) in [6.45, 7) is 0.632. The molecule has 0 fully saturated rings. The molecule has 2 N–H and O–H groups in total. The normalized spacial score (nSPS) is 12.4. The number of pyridine rings is 1. The van der Waals surface area contributed by atoms with Gasteiger partial charge in [0.05, 0.1) is 6.61 Å². The monoisotopic (exact) mass is 284 g/mol. The zero-order valence-corrected chi connectivity index (χ0v) is 11.0. The minimum absolute atomic E-state index is 0.116. The quantitative estimate of drug-likeness (QED) is 0.899. The number of ether oxygens (including phenoxy) is 1. The van der Waals surface area contributed by atoms with Crippen molar-refractivity contribution in [1.29, 1.82) is 0 Å². The van der Waals surface area contributed by atoms with Crippen LogP contribution in [0.2, 0.25) is 0 Å². The van der Waals surface area contributed by atoms with Gasteiger partial charge in [0, 0.05) is 23.9 Å². The molecule has 0 saturated carbocycles. The summed E-state index contributed by atoms with van der Waals surface area (Å²) in [4.78, 5) is 26.7. The maximum Gasteiger partial charge on any atom is 0.354 e. The van der Waals surface area contributed by atoms with E-state index in [1.807, 2.05) is 0 Å². The average molecular weight is 284 g/mol. The summed E-state index contributed by atoms with van der Waals surface area (Å²) >= 11 is 0. The SMILES string of the molecule is O=C(Nc1ccnc(C(=O)O)c1)c1ccc2c(c1)CCO2. The molecule has 2 aromatic rings. The van der Waals surface area contributed by atoms with Gasteiger partial charge >= 0.3 is 5.97 Å². The molecule has 1 aromatic carbocycles. The number of carbonyl (C=O) groups excluding carboxylic acids is 1. The van der Waals surface area contributed by atoms with Crippen molar-refractivity contribution in [1.82, 2.24) is 4.98 Å². The van der Waals surface area contributed by atoms with Gasteiger partial charge in [0.25, 0.3) is 5.91 Å². The van der Waals surface area contributed by atoms with Crippen molar-refractivity contribution >= 4 is 17.6 Å². The summed E-state index contributed by atoms with van der Waals surface area (Å²) in [5, 5.41) is 11.5. The fourth-order valence-corrected chi connectivity index (χ4v) is 2.16. The predicted octanol–water partition coefficient (Wildman–Crippen LogP) is 1.97. The Morgan fingerprint density at radius 2 is 2.10 bits per heavy atom. The molecule has 2 heterocycles. The molecule has 21 heavy (non-hydrogen) atoms. The molecule has 6 nitrogen and oxygen atoms in total. The number of fused-ring (bicyclic) bond motifs is 1. The summed E-state index contributed by atoms with van der Waals surface area (Å²) in [7, 11) is 0. The first-order chi connectivity index (χ1) is 10.1. The molecule has 0 radical (unpaired) electrons. The van der Waals surface area contributed by atoms with E-state index in [1.165, 1.54) is 12.3 Å². The topological polar surface area (TPSA) is 88.5 Å². The fourth-order valence-electron chi connectivity index (χ4n) is 2.16. The van der Waals surface area contributed by atoms with Gasteiger partial charge < -0.3 is 15.2 Å². The maximum atomic E-state index is 12.2. The first-order valence-corrected chi connectivity index (χ1v) is 6.40. The second-order valence-corrected chi connectivity index (χ2v) is 4.61. The molecule has 0 atom stereocenters. The van der Waals surface area contributed by atoms with Crippen LogP contribution in [0.4, 0.5) is 5.69 Å². The summed E-state index contributed by atoms with van der Waals surface area (Å²) in [5.74, 6) is -0.628. The van der Waals surface area contributed by atoms with E-state index in [1.54, 1.807) is 24.3 Å². The molecule has 0 unspecified atom stereocenters. The minimum Gasteiger partial charge on any atom is -0.493 e. The number of aromatic carboxylic acids is 1. The highest BCUT2D eigenvalue weighted by Crippen LogP contribution is 2.26. The van der Waals surface area contributed by atoms with E-state index < -0.39 is 5.97 Å². The summed E-state index contributed by atoms with van der Waals surface area (Å²) in [6, 6.07) is 8.10. The van der Waals surface area contributed by atoms with Crippen molar-refractivity contribution in [3.8, 4) is 5.75 Å². The van der Waals surface area contributed by atoms with E-state index in [0.29, 0.717) is 17.9 Å². The van der Waals surface area contributed by atoms with Gasteiger partial charge in [-0.05, 0) is 35.9 Å². The highest BCUT2D eigenvalue weighted by molar-refractivity contribution is 6.04. The van der Waals surface area contributed by atoms with Gasteiger partial charge in [-0.25, -0.2) is 9.78 Å². The Labute approximate surface area is 120 Å². The van der Waals surface area contributed by atoms with E-state index >= 15 is 0 Å². The number of anilines is 1. The molecule has 0 spiro atoms. The van der Waals surface area contributed by atoms with E-state index in [4.69, 9.17) is 9.84 Å². The summed E-state index contributed by atoms with van der Waals surface area (Å²) in [5.41, 5.74) is 1.79. The molecule has 0 aliphatic carbocycles. The number of benzene rings is 1. The Hall–Kier alpha value is -2.89. The van der Waals surface area contributed by atoms with E-state index in [9.17, 15) is 9.59 Å². The third kappa shape index (κ3) is 2.69. The predicted molar refractivity (Wildman–Crippen MR) is 74.8 cm³/mol. The van der Waals surface area contributed by atoms with Crippen LogP contribution >= 0.6 is 0 Å². The van der Waals surface area contributed by atoms with Crippen LogP contribution in [0.5, 0.6) is 5.75 Å². The van der Waals surface area contributed by atoms with Crippen LogP contribution < -0.4 is 10.1 Å². The maximum absolute atomic E-state index is 12.2. The van der Waals surface area contributed by atoms with Gasteiger partial charge in [-0.1, -0.05) is 0 Å². The van der Waals surface area contributed by atoms with Crippen molar-refractivity contribution in [2.75, 3.05) is 11.9 Å². The Balaban J connectivity index is 1.80. The van der Waals surface area contributed by atoms with Crippen molar-refractivity contribution in [3.63, 3.8) is 0 Å². The Morgan fingerprint density at radius 1 is 1.24 bits per heavy atom. The first-order valence-electron chi connectivity index (χ1n) is 6.40. The molecule has 0 saturated heterocycles. The number of amides is 1. The Morgan fingerprint density at radius 3 is 2.90 bits per heavy atom. The number of carboxylic acid groups (broad SMARTS) is 1. The highest BCUT2D eigenvalue weighted by Gasteiger charge is 2.15. The molecule has 3 rings (SSSR count). The second-order valence-electron chi connectivity index (χ2n) is 4.61. The zero-order chi connectivity index (χ0) is 14.8. The molecule has 0 bridgehead atoms. The van der Waals surface area contributed by atoms with Crippen molar-refractivity contribution < 1.29 is 19.4 Å². The number of hydrogen-bond acceptors (Lipinski definition) is 4. The molecule has 6 heteroatoms. The lowest BCUT2D eigenvalue weighted by molar-refractivity contribution is 0.0690. The fraction of sp³-hybridized carbons (Fsp3) is 0.133. The summed E-state index contributed by atoms with van der Waals surface area (Å²) < 4.78 is 5.39. The number of nitrogens with zero attached hydrogens (tertiary/aromatic N) is 1. The van der Waals surface area contributed by atoms with Crippen molar-refractivity contribution in [2.24, 2.45) is 0 Å². The van der Waals surface area contributed by atoms with Crippen molar-refractivity contribution in [2.45, 2.75) is 6.42 Å². The van der Waals surface area contributed by atoms with Gasteiger partial charge in [0.2, 0.25) is 0 Å². The smallest absolute Gasteiger partial charge is 0.354 e. The first kappa shape index (κ1) is 13.1. The van der Waals surface area contributed by atoms with Gasteiger partial charge in [-0.15, -0.1) is 0 Å². The van der Waals surface area contributed by atoms with Crippen molar-refractivity contribution in [3.05, 3.63) is 53.3 Å². The molecule has 106 valence electrons. The third-order valence-electron chi connectivity index (χ3n) is 3.19. The zero-order valence-electron chi connectivity index (χ0n) is 11.0. The number of aromatic nitrogens is 1. The number of nitrogens with one attached hydrogen (secondary N) is 1. The standard InChI is InChI=1S/C15H12N2O4/c18-14(10-1-2-13-9(7-10)4-6-21-13)17-11-3-5-16-12(8-11)15(19)20/h1-3,5,7-8H,4,6H2,(H,19,20)(H,16,17,18). The summed E-state index contributed by atoms with van der Waals surface area (Å²) in [6.07, 6.45) is 2.13. The number of rotatable bonds is 3.